The van der Waals surface area contributed by atoms with Crippen LogP contribution in [-0.2, 0) is 4.74 Å². The van der Waals surface area contributed by atoms with Crippen molar-refractivity contribution in [3.05, 3.63) is 0 Å². The molecular weight excluding hydrogens is 188 g/mol. The Morgan fingerprint density at radius 1 is 1.27 bits per heavy atom. The van der Waals surface area contributed by atoms with Gasteiger partial charge in [0, 0.05) is 13.1 Å². The first-order valence-electron chi connectivity index (χ1n) is 6.31. The van der Waals surface area contributed by atoms with E-state index in [0.29, 0.717) is 12.2 Å². The minimum absolute atomic E-state index is 0.451. The van der Waals surface area contributed by atoms with Crippen molar-refractivity contribution in [2.45, 2.75) is 45.3 Å². The Kier molecular flexibility index (Phi) is 6.22. The van der Waals surface area contributed by atoms with E-state index < -0.39 is 0 Å². The van der Waals surface area contributed by atoms with Crippen molar-refractivity contribution in [3.63, 3.8) is 0 Å². The fraction of sp³-hybridized carbons (Fsp3) is 1.00. The molecule has 0 amide bonds. The third kappa shape index (κ3) is 4.96. The summed E-state index contributed by atoms with van der Waals surface area (Å²) in [7, 11) is 2.16. The number of nitrogens with one attached hydrogen (secondary N) is 1. The van der Waals surface area contributed by atoms with Crippen molar-refractivity contribution in [1.82, 2.24) is 10.2 Å². The van der Waals surface area contributed by atoms with Crippen molar-refractivity contribution in [1.29, 1.82) is 0 Å². The Bertz CT molecular complexity index is 164. The summed E-state index contributed by atoms with van der Waals surface area (Å²) in [6, 6.07) is 0. The lowest BCUT2D eigenvalue weighted by Gasteiger charge is -2.19. The molecule has 1 N–H and O–H groups in total. The molecule has 0 aliphatic carbocycles. The van der Waals surface area contributed by atoms with Crippen LogP contribution in [0.3, 0.4) is 0 Å². The molecule has 1 saturated heterocycles. The molecule has 1 heterocycles. The van der Waals surface area contributed by atoms with E-state index in [0.717, 1.165) is 26.2 Å². The number of likely N-dealkylation sites (N-methyl/N-ethyl adjacent to an activating group) is 1. The van der Waals surface area contributed by atoms with Crippen molar-refractivity contribution in [2.75, 3.05) is 33.2 Å². The van der Waals surface area contributed by atoms with Crippen molar-refractivity contribution in [2.24, 2.45) is 0 Å². The molecule has 1 fully saturated rings. The molecule has 0 aromatic heterocycles. The van der Waals surface area contributed by atoms with Gasteiger partial charge in [0.05, 0.1) is 12.2 Å². The summed E-state index contributed by atoms with van der Waals surface area (Å²) < 4.78 is 5.98. The average molecular weight is 214 g/mol. The monoisotopic (exact) mass is 214 g/mol. The van der Waals surface area contributed by atoms with Crippen LogP contribution in [0.1, 0.15) is 33.1 Å². The molecule has 90 valence electrons. The molecule has 3 nitrogen and oxygen atoms in total. The van der Waals surface area contributed by atoms with E-state index in [1.54, 1.807) is 0 Å². The minimum atomic E-state index is 0.451. The standard InChI is InChI=1S/C12H26N2O/c1-4-8-13-9-11-6-7-12(15-11)10-14(3)5-2/h11-13H,4-10H2,1-3H3. The Labute approximate surface area is 94.2 Å². The molecule has 2 unspecified atom stereocenters. The first-order chi connectivity index (χ1) is 7.26. The van der Waals surface area contributed by atoms with E-state index in [4.69, 9.17) is 4.74 Å². The van der Waals surface area contributed by atoms with Gasteiger partial charge >= 0.3 is 0 Å². The van der Waals surface area contributed by atoms with Crippen LogP contribution in [-0.4, -0.2) is 50.3 Å². The van der Waals surface area contributed by atoms with Gasteiger partial charge in [-0.15, -0.1) is 0 Å². The molecule has 0 bridgehead atoms. The average Bonchev–Trinajstić information content (AvgIpc) is 2.66. The van der Waals surface area contributed by atoms with E-state index in [-0.39, 0.29) is 0 Å². The third-order valence-electron chi connectivity index (χ3n) is 3.05. The molecule has 0 aromatic rings. The third-order valence-corrected chi connectivity index (χ3v) is 3.05. The summed E-state index contributed by atoms with van der Waals surface area (Å²) in [5, 5.41) is 3.43. The van der Waals surface area contributed by atoms with Gasteiger partial charge < -0.3 is 15.0 Å². The van der Waals surface area contributed by atoms with E-state index in [9.17, 15) is 0 Å². The van der Waals surface area contributed by atoms with Gasteiger partial charge in [0.1, 0.15) is 0 Å². The lowest BCUT2D eigenvalue weighted by atomic mass is 10.2. The zero-order chi connectivity index (χ0) is 11.1. The highest BCUT2D eigenvalue weighted by atomic mass is 16.5. The Morgan fingerprint density at radius 3 is 2.67 bits per heavy atom. The molecule has 1 aliphatic rings. The summed E-state index contributed by atoms with van der Waals surface area (Å²) in [5.41, 5.74) is 0. The van der Waals surface area contributed by atoms with Crippen molar-refractivity contribution < 1.29 is 4.74 Å². The molecule has 1 rings (SSSR count). The van der Waals surface area contributed by atoms with Gasteiger partial charge in [-0.1, -0.05) is 13.8 Å². The molecule has 0 saturated carbocycles. The number of hydrogen-bond donors (Lipinski definition) is 1. The number of ether oxygens (including phenoxy) is 1. The molecule has 0 radical (unpaired) electrons. The highest BCUT2D eigenvalue weighted by Gasteiger charge is 2.25. The van der Waals surface area contributed by atoms with Gasteiger partial charge in [0.25, 0.3) is 0 Å². The number of nitrogens with zero attached hydrogens (tertiary/aromatic N) is 1. The molecular formula is C12H26N2O. The maximum atomic E-state index is 5.98. The summed E-state index contributed by atoms with van der Waals surface area (Å²) in [5.74, 6) is 0. The molecule has 2 atom stereocenters. The van der Waals surface area contributed by atoms with Crippen LogP contribution in [0.4, 0.5) is 0 Å². The summed E-state index contributed by atoms with van der Waals surface area (Å²) >= 11 is 0. The van der Waals surface area contributed by atoms with E-state index in [1.807, 2.05) is 0 Å². The van der Waals surface area contributed by atoms with Gasteiger partial charge in [-0.25, -0.2) is 0 Å². The second kappa shape index (κ2) is 7.20. The fourth-order valence-electron chi connectivity index (χ4n) is 1.98. The van der Waals surface area contributed by atoms with Crippen molar-refractivity contribution in [3.8, 4) is 0 Å². The number of rotatable bonds is 7. The lowest BCUT2D eigenvalue weighted by Crippen LogP contribution is -2.31. The largest absolute Gasteiger partial charge is 0.372 e. The Balaban J connectivity index is 2.09. The molecule has 0 aromatic carbocycles. The number of hydrogen-bond acceptors (Lipinski definition) is 3. The van der Waals surface area contributed by atoms with Crippen LogP contribution in [0.2, 0.25) is 0 Å². The van der Waals surface area contributed by atoms with Gasteiger partial charge in [0.15, 0.2) is 0 Å². The van der Waals surface area contributed by atoms with Crippen molar-refractivity contribution >= 4 is 0 Å². The van der Waals surface area contributed by atoms with Gasteiger partial charge in [-0.2, -0.15) is 0 Å². The Hall–Kier alpha value is -0.120. The maximum absolute atomic E-state index is 5.98. The summed E-state index contributed by atoms with van der Waals surface area (Å²) in [4.78, 5) is 2.33. The normalized spacial score (nSPS) is 26.4. The zero-order valence-corrected chi connectivity index (χ0v) is 10.5. The highest BCUT2D eigenvalue weighted by Crippen LogP contribution is 2.19. The van der Waals surface area contributed by atoms with Gasteiger partial charge in [0.2, 0.25) is 0 Å². The highest BCUT2D eigenvalue weighted by molar-refractivity contribution is 4.77. The topological polar surface area (TPSA) is 24.5 Å². The predicted octanol–water partition coefficient (Wildman–Crippen LogP) is 1.49. The van der Waals surface area contributed by atoms with Crippen LogP contribution < -0.4 is 5.32 Å². The molecule has 1 aliphatic heterocycles. The maximum Gasteiger partial charge on any atom is 0.0707 e. The SMILES string of the molecule is CCCNCC1CCC(CN(C)CC)O1. The van der Waals surface area contributed by atoms with E-state index in [1.165, 1.54) is 19.3 Å². The van der Waals surface area contributed by atoms with Crippen LogP contribution in [0, 0.1) is 0 Å². The van der Waals surface area contributed by atoms with Crippen LogP contribution >= 0.6 is 0 Å². The van der Waals surface area contributed by atoms with Crippen LogP contribution in [0.25, 0.3) is 0 Å². The molecule has 15 heavy (non-hydrogen) atoms. The summed E-state index contributed by atoms with van der Waals surface area (Å²) in [6.07, 6.45) is 4.56. The smallest absolute Gasteiger partial charge is 0.0707 e. The van der Waals surface area contributed by atoms with Crippen LogP contribution in [0.5, 0.6) is 0 Å². The summed E-state index contributed by atoms with van der Waals surface area (Å²) in [6.45, 7) is 8.72. The second-order valence-electron chi connectivity index (χ2n) is 4.52. The first kappa shape index (κ1) is 12.9. The zero-order valence-electron chi connectivity index (χ0n) is 10.5. The lowest BCUT2D eigenvalue weighted by molar-refractivity contribution is 0.0288. The molecule has 0 spiro atoms. The fourth-order valence-corrected chi connectivity index (χ4v) is 1.98. The second-order valence-corrected chi connectivity index (χ2v) is 4.52. The Morgan fingerprint density at radius 2 is 2.00 bits per heavy atom. The predicted molar refractivity (Wildman–Crippen MR) is 64.2 cm³/mol. The van der Waals surface area contributed by atoms with Gasteiger partial charge in [-0.05, 0) is 39.4 Å². The quantitative estimate of drug-likeness (QED) is 0.650. The minimum Gasteiger partial charge on any atom is -0.372 e. The van der Waals surface area contributed by atoms with Crippen LogP contribution in [0.15, 0.2) is 0 Å². The molecule has 3 heteroatoms. The van der Waals surface area contributed by atoms with E-state index in [2.05, 4.69) is 31.1 Å². The first-order valence-corrected chi connectivity index (χ1v) is 6.31. The van der Waals surface area contributed by atoms with E-state index >= 15 is 0 Å². The van der Waals surface area contributed by atoms with Gasteiger partial charge in [-0.3, -0.25) is 0 Å².